The molecule has 0 spiro atoms. The molecule has 3 aliphatic rings. The first-order valence-electron chi connectivity index (χ1n) is 8.43. The molecule has 2 nitrogen and oxygen atoms in total. The Morgan fingerprint density at radius 3 is 2.47 bits per heavy atom. The second-order valence-electron chi connectivity index (χ2n) is 7.64. The Morgan fingerprint density at radius 2 is 1.95 bits per heavy atom. The zero-order valence-corrected chi connectivity index (χ0v) is 12.6. The molecule has 0 saturated heterocycles. The van der Waals surface area contributed by atoms with Crippen molar-refractivity contribution in [1.29, 1.82) is 0 Å². The highest BCUT2D eigenvalue weighted by Gasteiger charge is 2.41. The summed E-state index contributed by atoms with van der Waals surface area (Å²) in [6.45, 7) is 5.51. The summed E-state index contributed by atoms with van der Waals surface area (Å²) in [5.74, 6) is 3.76. The van der Waals surface area contributed by atoms with E-state index < -0.39 is 0 Å². The zero-order chi connectivity index (χ0) is 13.4. The minimum Gasteiger partial charge on any atom is -0.340 e. The van der Waals surface area contributed by atoms with E-state index in [0.717, 1.165) is 30.7 Å². The van der Waals surface area contributed by atoms with Gasteiger partial charge in [0.25, 0.3) is 0 Å². The van der Waals surface area contributed by atoms with Crippen molar-refractivity contribution in [1.82, 2.24) is 4.90 Å². The topological polar surface area (TPSA) is 20.3 Å². The van der Waals surface area contributed by atoms with E-state index in [0.29, 0.717) is 17.9 Å². The number of hydrogen-bond donors (Lipinski definition) is 0. The van der Waals surface area contributed by atoms with Crippen molar-refractivity contribution in [2.45, 2.75) is 71.3 Å². The molecule has 0 heterocycles. The van der Waals surface area contributed by atoms with E-state index in [9.17, 15) is 4.79 Å². The third-order valence-electron chi connectivity index (χ3n) is 5.58. The molecule has 108 valence electrons. The standard InChI is InChI=1S/C17H29NO/c1-12(2)7-8-18(16-5-6-16)17(19)11-15-10-13-3-4-14(15)9-13/h12-16H,3-11H2,1-2H3. The lowest BCUT2D eigenvalue weighted by Gasteiger charge is -2.27. The van der Waals surface area contributed by atoms with Crippen LogP contribution in [0.5, 0.6) is 0 Å². The number of rotatable bonds is 6. The monoisotopic (exact) mass is 263 g/mol. The Hall–Kier alpha value is -0.530. The summed E-state index contributed by atoms with van der Waals surface area (Å²) < 4.78 is 0. The van der Waals surface area contributed by atoms with E-state index >= 15 is 0 Å². The SMILES string of the molecule is CC(C)CCN(C(=O)CC1CC2CCC1C2)C1CC1. The van der Waals surface area contributed by atoms with Crippen LogP contribution in [0.4, 0.5) is 0 Å². The molecule has 0 radical (unpaired) electrons. The van der Waals surface area contributed by atoms with Gasteiger partial charge in [-0.25, -0.2) is 0 Å². The van der Waals surface area contributed by atoms with Crippen LogP contribution < -0.4 is 0 Å². The van der Waals surface area contributed by atoms with Gasteiger partial charge in [-0.05, 0) is 62.2 Å². The van der Waals surface area contributed by atoms with Gasteiger partial charge in [-0.1, -0.05) is 20.3 Å². The molecule has 3 rings (SSSR count). The predicted molar refractivity (Wildman–Crippen MR) is 77.7 cm³/mol. The molecule has 1 amide bonds. The fourth-order valence-electron chi connectivity index (χ4n) is 4.26. The van der Waals surface area contributed by atoms with Gasteiger partial charge in [0.2, 0.25) is 5.91 Å². The van der Waals surface area contributed by atoms with Crippen molar-refractivity contribution in [2.24, 2.45) is 23.7 Å². The highest BCUT2D eigenvalue weighted by molar-refractivity contribution is 5.77. The average molecular weight is 263 g/mol. The fraction of sp³-hybridized carbons (Fsp3) is 0.941. The van der Waals surface area contributed by atoms with Crippen LogP contribution in [0.15, 0.2) is 0 Å². The van der Waals surface area contributed by atoms with Gasteiger partial charge in [0.05, 0.1) is 0 Å². The Morgan fingerprint density at radius 1 is 1.16 bits per heavy atom. The van der Waals surface area contributed by atoms with Crippen LogP contribution in [0, 0.1) is 23.7 Å². The number of nitrogens with zero attached hydrogens (tertiary/aromatic N) is 1. The number of fused-ring (bicyclic) bond motifs is 2. The van der Waals surface area contributed by atoms with Crippen LogP contribution in [0.25, 0.3) is 0 Å². The van der Waals surface area contributed by atoms with E-state index in [1.165, 1.54) is 44.9 Å². The first-order valence-corrected chi connectivity index (χ1v) is 8.43. The van der Waals surface area contributed by atoms with Crippen LogP contribution in [-0.4, -0.2) is 23.4 Å². The van der Waals surface area contributed by atoms with Gasteiger partial charge in [-0.3, -0.25) is 4.79 Å². The van der Waals surface area contributed by atoms with Crippen LogP contribution in [0.2, 0.25) is 0 Å². The maximum Gasteiger partial charge on any atom is 0.223 e. The second kappa shape index (κ2) is 5.46. The van der Waals surface area contributed by atoms with Crippen LogP contribution in [0.3, 0.4) is 0 Å². The van der Waals surface area contributed by atoms with Crippen LogP contribution in [-0.2, 0) is 4.79 Å². The molecule has 2 heteroatoms. The van der Waals surface area contributed by atoms with Crippen molar-refractivity contribution < 1.29 is 4.79 Å². The average Bonchev–Trinajstić information content (AvgIpc) is 2.97. The first-order chi connectivity index (χ1) is 9.13. The molecule has 0 aromatic rings. The van der Waals surface area contributed by atoms with Crippen molar-refractivity contribution >= 4 is 5.91 Å². The smallest absolute Gasteiger partial charge is 0.223 e. The van der Waals surface area contributed by atoms with E-state index in [4.69, 9.17) is 0 Å². The zero-order valence-electron chi connectivity index (χ0n) is 12.6. The molecule has 3 atom stereocenters. The molecule has 2 bridgehead atoms. The van der Waals surface area contributed by atoms with Gasteiger partial charge in [-0.15, -0.1) is 0 Å². The van der Waals surface area contributed by atoms with E-state index in [-0.39, 0.29) is 0 Å². The third-order valence-corrected chi connectivity index (χ3v) is 5.58. The maximum atomic E-state index is 12.6. The summed E-state index contributed by atoms with van der Waals surface area (Å²) in [7, 11) is 0. The molecule has 19 heavy (non-hydrogen) atoms. The Balaban J connectivity index is 1.52. The molecule has 3 unspecified atom stereocenters. The summed E-state index contributed by atoms with van der Waals surface area (Å²) in [5.41, 5.74) is 0. The van der Waals surface area contributed by atoms with E-state index in [2.05, 4.69) is 18.7 Å². The van der Waals surface area contributed by atoms with Gasteiger partial charge in [0.1, 0.15) is 0 Å². The van der Waals surface area contributed by atoms with Crippen molar-refractivity contribution in [3.05, 3.63) is 0 Å². The quantitative estimate of drug-likeness (QED) is 0.713. The Bertz CT molecular complexity index is 334. The van der Waals surface area contributed by atoms with Crippen molar-refractivity contribution in [3.63, 3.8) is 0 Å². The second-order valence-corrected chi connectivity index (χ2v) is 7.64. The number of hydrogen-bond acceptors (Lipinski definition) is 1. The highest BCUT2D eigenvalue weighted by atomic mass is 16.2. The summed E-state index contributed by atoms with van der Waals surface area (Å²) in [6.07, 6.45) is 10.1. The molecule has 3 aliphatic carbocycles. The fourth-order valence-corrected chi connectivity index (χ4v) is 4.26. The summed E-state index contributed by atoms with van der Waals surface area (Å²) in [5, 5.41) is 0. The maximum absolute atomic E-state index is 12.6. The molecule has 0 aliphatic heterocycles. The number of carbonyl (C=O) groups is 1. The Kier molecular flexibility index (Phi) is 3.86. The largest absolute Gasteiger partial charge is 0.340 e. The summed E-state index contributed by atoms with van der Waals surface area (Å²) in [6, 6.07) is 0.602. The summed E-state index contributed by atoms with van der Waals surface area (Å²) in [4.78, 5) is 14.8. The molecule has 0 N–H and O–H groups in total. The highest BCUT2D eigenvalue weighted by Crippen LogP contribution is 2.49. The van der Waals surface area contributed by atoms with E-state index in [1.807, 2.05) is 0 Å². The van der Waals surface area contributed by atoms with Crippen LogP contribution in [0.1, 0.15) is 65.2 Å². The molecule has 3 saturated carbocycles. The lowest BCUT2D eigenvalue weighted by atomic mass is 9.86. The van der Waals surface area contributed by atoms with Crippen molar-refractivity contribution in [2.75, 3.05) is 6.54 Å². The van der Waals surface area contributed by atoms with Gasteiger partial charge >= 0.3 is 0 Å². The third kappa shape index (κ3) is 3.14. The van der Waals surface area contributed by atoms with Gasteiger partial charge < -0.3 is 4.90 Å². The molecular formula is C17H29NO. The lowest BCUT2D eigenvalue weighted by Crippen LogP contribution is -2.36. The first kappa shape index (κ1) is 13.5. The molecule has 0 aromatic heterocycles. The molecular weight excluding hydrogens is 234 g/mol. The number of amides is 1. The number of carbonyl (C=O) groups excluding carboxylic acids is 1. The normalized spacial score (nSPS) is 33.1. The minimum absolute atomic E-state index is 0.473. The van der Waals surface area contributed by atoms with Gasteiger partial charge in [0, 0.05) is 19.0 Å². The van der Waals surface area contributed by atoms with Gasteiger partial charge in [-0.2, -0.15) is 0 Å². The molecule has 0 aromatic carbocycles. The lowest BCUT2D eigenvalue weighted by molar-refractivity contribution is -0.133. The summed E-state index contributed by atoms with van der Waals surface area (Å²) >= 11 is 0. The minimum atomic E-state index is 0.473. The van der Waals surface area contributed by atoms with E-state index in [1.54, 1.807) is 0 Å². The predicted octanol–water partition coefficient (Wildman–Crippen LogP) is 3.85. The van der Waals surface area contributed by atoms with Crippen LogP contribution >= 0.6 is 0 Å². The Labute approximate surface area is 117 Å². The molecule has 3 fully saturated rings. The van der Waals surface area contributed by atoms with Gasteiger partial charge in [0.15, 0.2) is 0 Å². The van der Waals surface area contributed by atoms with Crippen molar-refractivity contribution in [3.8, 4) is 0 Å².